The molecule has 3 N–H and O–H groups in total. The Kier molecular flexibility index (Phi) is 12.3. The lowest BCUT2D eigenvalue weighted by molar-refractivity contribution is -0.154. The lowest BCUT2D eigenvalue weighted by atomic mass is 9.95. The third-order valence-electron chi connectivity index (χ3n) is 6.90. The molecule has 0 radical (unpaired) electrons. The number of aromatic hydroxyl groups is 1. The van der Waals surface area contributed by atoms with Crippen molar-refractivity contribution in [2.75, 3.05) is 13.6 Å². The van der Waals surface area contributed by atoms with E-state index < -0.39 is 29.9 Å². The summed E-state index contributed by atoms with van der Waals surface area (Å²) in [7, 11) is 1.50. The van der Waals surface area contributed by atoms with Gasteiger partial charge in [0.1, 0.15) is 17.8 Å². The minimum absolute atomic E-state index is 0.113. The Morgan fingerprint density at radius 3 is 2.41 bits per heavy atom. The van der Waals surface area contributed by atoms with Crippen molar-refractivity contribution < 1.29 is 29.0 Å². The zero-order chi connectivity index (χ0) is 29.4. The van der Waals surface area contributed by atoms with Crippen LogP contribution in [0.25, 0.3) is 0 Å². The van der Waals surface area contributed by atoms with Crippen LogP contribution in [0.3, 0.4) is 0 Å². The van der Waals surface area contributed by atoms with E-state index in [1.807, 2.05) is 64.1 Å². The molecular weight excluding hydrogens is 613 g/mol. The van der Waals surface area contributed by atoms with Crippen LogP contribution in [0.2, 0.25) is 0 Å². The van der Waals surface area contributed by atoms with E-state index in [9.17, 15) is 24.3 Å². The van der Waals surface area contributed by atoms with Gasteiger partial charge in [0.25, 0.3) is 0 Å². The molecule has 5 atom stereocenters. The smallest absolute Gasteiger partial charge is 0.329 e. The molecule has 0 aromatic heterocycles. The number of likely N-dealkylation sites (N-methyl/N-ethyl adjacent to an activating group) is 1. The van der Waals surface area contributed by atoms with E-state index in [0.29, 0.717) is 16.4 Å². The number of phenols is 1. The van der Waals surface area contributed by atoms with Crippen molar-refractivity contribution >= 4 is 46.3 Å². The van der Waals surface area contributed by atoms with Crippen molar-refractivity contribution in [2.24, 2.45) is 17.8 Å². The fourth-order valence-electron chi connectivity index (χ4n) is 4.73. The topological polar surface area (TPSA) is 125 Å². The predicted molar refractivity (Wildman–Crippen MR) is 158 cm³/mol. The fraction of sp³-hybridized carbons (Fsp3) is 0.586. The lowest BCUT2D eigenvalue weighted by Crippen LogP contribution is -2.56. The van der Waals surface area contributed by atoms with Gasteiger partial charge >= 0.3 is 5.97 Å². The van der Waals surface area contributed by atoms with Crippen LogP contribution in [-0.2, 0) is 30.3 Å². The van der Waals surface area contributed by atoms with Gasteiger partial charge in [-0.15, -0.1) is 0 Å². The number of nitrogens with one attached hydrogen (secondary N) is 2. The number of nitrogens with zero attached hydrogens (tertiary/aromatic N) is 1. The van der Waals surface area contributed by atoms with E-state index >= 15 is 0 Å². The molecule has 0 spiro atoms. The molecule has 2 rings (SSSR count). The van der Waals surface area contributed by atoms with E-state index in [-0.39, 0.29) is 48.5 Å². The normalized spacial score (nSPS) is 28.1. The van der Waals surface area contributed by atoms with Crippen molar-refractivity contribution in [1.29, 1.82) is 0 Å². The Morgan fingerprint density at radius 1 is 1.13 bits per heavy atom. The van der Waals surface area contributed by atoms with Gasteiger partial charge in [-0.2, -0.15) is 0 Å². The van der Waals surface area contributed by atoms with Gasteiger partial charge in [-0.1, -0.05) is 45.4 Å². The van der Waals surface area contributed by atoms with E-state index in [1.165, 1.54) is 18.0 Å². The summed E-state index contributed by atoms with van der Waals surface area (Å²) in [4.78, 5) is 53.9. The third-order valence-corrected chi connectivity index (χ3v) is 7.77. The molecule has 1 aromatic carbocycles. The SMILES string of the molecule is C/C1=C\[C@H](C)C[C@H](C)OC(=O)[C@H](C(C)C)NC(=O)[C@@H](Cc2ccc(O)c(I)c2)N(C)C(=O)CNC(=O)[C@@H](C)C1. The molecule has 10 heteroatoms. The average Bonchev–Trinajstić information content (AvgIpc) is 2.84. The fourth-order valence-corrected chi connectivity index (χ4v) is 5.31. The molecule has 216 valence electrons. The number of carbonyl (C=O) groups excluding carboxylic acids is 4. The summed E-state index contributed by atoms with van der Waals surface area (Å²) in [5.74, 6) is -2.08. The second-order valence-electron chi connectivity index (χ2n) is 11.0. The highest BCUT2D eigenvalue weighted by Gasteiger charge is 2.33. The van der Waals surface area contributed by atoms with Crippen LogP contribution in [0.4, 0.5) is 0 Å². The maximum atomic E-state index is 13.6. The molecule has 0 fully saturated rings. The van der Waals surface area contributed by atoms with Crippen LogP contribution < -0.4 is 10.6 Å². The average molecular weight is 656 g/mol. The molecule has 1 aromatic rings. The van der Waals surface area contributed by atoms with Gasteiger partial charge in [0, 0.05) is 19.4 Å². The van der Waals surface area contributed by atoms with E-state index in [4.69, 9.17) is 4.74 Å². The molecule has 1 aliphatic rings. The first-order valence-corrected chi connectivity index (χ1v) is 14.5. The van der Waals surface area contributed by atoms with Gasteiger partial charge in [0.15, 0.2) is 0 Å². The minimum Gasteiger partial charge on any atom is -0.507 e. The van der Waals surface area contributed by atoms with Gasteiger partial charge in [-0.25, -0.2) is 4.79 Å². The maximum absolute atomic E-state index is 13.6. The lowest BCUT2D eigenvalue weighted by Gasteiger charge is -2.31. The van der Waals surface area contributed by atoms with E-state index in [0.717, 1.165) is 11.1 Å². The highest BCUT2D eigenvalue weighted by Crippen LogP contribution is 2.22. The highest BCUT2D eigenvalue weighted by atomic mass is 127. The highest BCUT2D eigenvalue weighted by molar-refractivity contribution is 14.1. The van der Waals surface area contributed by atoms with E-state index in [1.54, 1.807) is 12.1 Å². The minimum atomic E-state index is -0.970. The molecule has 9 nitrogen and oxygen atoms in total. The number of amides is 3. The molecule has 0 bridgehead atoms. The Balaban J connectivity index is 2.43. The molecular formula is C29H42IN3O6. The summed E-state index contributed by atoms with van der Waals surface area (Å²) in [5, 5.41) is 15.4. The van der Waals surface area contributed by atoms with Crippen molar-refractivity contribution in [3.8, 4) is 5.75 Å². The molecule has 0 saturated heterocycles. The molecule has 39 heavy (non-hydrogen) atoms. The molecule has 0 unspecified atom stereocenters. The number of cyclic esters (lactones) is 1. The Bertz CT molecular complexity index is 1090. The number of phenolic OH excluding ortho intramolecular Hbond substituents is 1. The van der Waals surface area contributed by atoms with Crippen LogP contribution in [0.15, 0.2) is 29.8 Å². The zero-order valence-electron chi connectivity index (χ0n) is 23.9. The quantitative estimate of drug-likeness (QED) is 0.260. The number of esters is 1. The zero-order valence-corrected chi connectivity index (χ0v) is 26.1. The van der Waals surface area contributed by atoms with Gasteiger partial charge in [-0.05, 0) is 78.8 Å². The third kappa shape index (κ3) is 9.81. The van der Waals surface area contributed by atoms with Gasteiger partial charge in [0.05, 0.1) is 16.2 Å². The van der Waals surface area contributed by atoms with Gasteiger partial charge < -0.3 is 25.4 Å². The molecule has 0 saturated carbocycles. The first kappa shape index (κ1) is 32.6. The number of benzene rings is 1. The predicted octanol–water partition coefficient (Wildman–Crippen LogP) is 3.57. The summed E-state index contributed by atoms with van der Waals surface area (Å²) in [5.41, 5.74) is 1.77. The van der Waals surface area contributed by atoms with Crippen molar-refractivity contribution in [3.05, 3.63) is 39.0 Å². The Morgan fingerprint density at radius 2 is 1.79 bits per heavy atom. The van der Waals surface area contributed by atoms with Crippen LogP contribution in [0.5, 0.6) is 5.75 Å². The van der Waals surface area contributed by atoms with Crippen LogP contribution in [0.1, 0.15) is 59.9 Å². The summed E-state index contributed by atoms with van der Waals surface area (Å²) in [6, 6.07) is 3.08. The molecule has 1 heterocycles. The summed E-state index contributed by atoms with van der Waals surface area (Å²) in [6.07, 6.45) is 2.98. The summed E-state index contributed by atoms with van der Waals surface area (Å²) in [6.45, 7) is 11.0. The Labute approximate surface area is 245 Å². The second-order valence-corrected chi connectivity index (χ2v) is 12.2. The number of rotatable bonds is 3. The summed E-state index contributed by atoms with van der Waals surface area (Å²) < 4.78 is 6.34. The second kappa shape index (κ2) is 14.7. The van der Waals surface area contributed by atoms with Crippen LogP contribution in [0, 0.1) is 21.3 Å². The molecule has 0 aliphatic carbocycles. The number of allylic oxidation sites excluding steroid dienone is 2. The van der Waals surface area contributed by atoms with Crippen molar-refractivity contribution in [1.82, 2.24) is 15.5 Å². The number of hydrogen-bond donors (Lipinski definition) is 3. The number of hydrogen-bond acceptors (Lipinski definition) is 6. The number of carbonyl (C=O) groups is 4. The van der Waals surface area contributed by atoms with Crippen LogP contribution in [-0.4, -0.2) is 65.5 Å². The monoisotopic (exact) mass is 655 g/mol. The first-order chi connectivity index (χ1) is 18.2. The summed E-state index contributed by atoms with van der Waals surface area (Å²) >= 11 is 1.99. The van der Waals surface area contributed by atoms with Crippen molar-refractivity contribution in [2.45, 2.75) is 79.0 Å². The molecule has 3 amide bonds. The maximum Gasteiger partial charge on any atom is 0.329 e. The van der Waals surface area contributed by atoms with E-state index in [2.05, 4.69) is 16.7 Å². The Hall–Kier alpha value is -2.63. The van der Waals surface area contributed by atoms with Gasteiger partial charge in [-0.3, -0.25) is 14.4 Å². The van der Waals surface area contributed by atoms with Crippen LogP contribution >= 0.6 is 22.6 Å². The standard InChI is InChI=1S/C29H42IN3O6/c1-16(2)26-29(38)39-20(6)12-18(4)10-17(3)11-19(5)27(36)31-15-25(35)33(7)23(28(37)32-26)14-21-8-9-24(34)22(30)13-21/h8-10,13,16,18-20,23,26,34H,11-12,14-15H2,1-7H3,(H,31,36)(H,32,37)/b17-10+/t18-,19-,20-,23+,26-/m0/s1. The molecule has 1 aliphatic heterocycles. The van der Waals surface area contributed by atoms with Gasteiger partial charge in [0.2, 0.25) is 17.7 Å². The first-order valence-electron chi connectivity index (χ1n) is 13.4. The van der Waals surface area contributed by atoms with Crippen molar-refractivity contribution in [3.63, 3.8) is 0 Å². The largest absolute Gasteiger partial charge is 0.507 e. The number of halogens is 1. The number of ether oxygens (including phenoxy) is 1.